The van der Waals surface area contributed by atoms with E-state index in [9.17, 15) is 4.79 Å². The van der Waals surface area contributed by atoms with Crippen LogP contribution in [0, 0.1) is 0 Å². The van der Waals surface area contributed by atoms with Gasteiger partial charge >= 0.3 is 6.03 Å². The molecule has 64 valence electrons. The number of hydrogen-bond acceptors (Lipinski definition) is 2. The van der Waals surface area contributed by atoms with Crippen LogP contribution >= 0.6 is 0 Å². The molecular formula is C7H15N3O. The van der Waals surface area contributed by atoms with Crippen molar-refractivity contribution >= 4 is 6.03 Å². The molecule has 1 aliphatic carbocycles. The van der Waals surface area contributed by atoms with E-state index < -0.39 is 0 Å². The number of carbonyl (C=O) groups excluding carboxylic acids is 1. The van der Waals surface area contributed by atoms with Gasteiger partial charge < -0.3 is 4.90 Å². The molecular weight excluding hydrogens is 142 g/mol. The number of amides is 2. The molecule has 3 N–H and O–H groups in total. The van der Waals surface area contributed by atoms with Gasteiger partial charge in [-0.15, -0.1) is 0 Å². The van der Waals surface area contributed by atoms with E-state index >= 15 is 0 Å². The van der Waals surface area contributed by atoms with Crippen molar-refractivity contribution in [3.05, 3.63) is 0 Å². The fourth-order valence-electron chi connectivity index (χ4n) is 1.16. The minimum Gasteiger partial charge on any atom is -0.321 e. The summed E-state index contributed by atoms with van der Waals surface area (Å²) in [4.78, 5) is 12.9. The Kier molecular flexibility index (Phi) is 2.70. The number of urea groups is 1. The average molecular weight is 157 g/mol. The van der Waals surface area contributed by atoms with Gasteiger partial charge in [0.25, 0.3) is 0 Å². The first-order valence-corrected chi connectivity index (χ1v) is 4.06. The lowest BCUT2D eigenvalue weighted by atomic mass is 10.4. The summed E-state index contributed by atoms with van der Waals surface area (Å²) < 4.78 is 0. The first kappa shape index (κ1) is 8.33. The fraction of sp³-hybridized carbons (Fsp3) is 0.857. The van der Waals surface area contributed by atoms with E-state index in [0.29, 0.717) is 6.04 Å². The standard InChI is InChI=1S/C7H15N3O/c1-2-5-10(6-3-4-6)7(11)9-8/h6H,2-5,8H2,1H3,(H,9,11). The second kappa shape index (κ2) is 3.57. The lowest BCUT2D eigenvalue weighted by Crippen LogP contribution is -2.44. The number of carbonyl (C=O) groups is 1. The van der Waals surface area contributed by atoms with Gasteiger partial charge in [0.05, 0.1) is 0 Å². The number of hydrogen-bond donors (Lipinski definition) is 2. The molecule has 0 aliphatic heterocycles. The van der Waals surface area contributed by atoms with Crippen LogP contribution in [0.4, 0.5) is 4.79 Å². The smallest absolute Gasteiger partial charge is 0.321 e. The number of rotatable bonds is 3. The lowest BCUT2D eigenvalue weighted by molar-refractivity contribution is 0.195. The van der Waals surface area contributed by atoms with Crippen LogP contribution < -0.4 is 11.3 Å². The van der Waals surface area contributed by atoms with E-state index in [4.69, 9.17) is 5.84 Å². The Morgan fingerprint density at radius 1 is 1.73 bits per heavy atom. The second-order valence-electron chi connectivity index (χ2n) is 2.87. The predicted octanol–water partition coefficient (Wildman–Crippen LogP) is 0.444. The minimum atomic E-state index is -0.144. The number of nitrogens with one attached hydrogen (secondary N) is 1. The van der Waals surface area contributed by atoms with Gasteiger partial charge in [0.1, 0.15) is 0 Å². The number of nitrogens with zero attached hydrogens (tertiary/aromatic N) is 1. The predicted molar refractivity (Wildman–Crippen MR) is 42.7 cm³/mol. The molecule has 0 aromatic carbocycles. The Morgan fingerprint density at radius 2 is 2.36 bits per heavy atom. The van der Waals surface area contributed by atoms with Crippen molar-refractivity contribution in [1.82, 2.24) is 10.3 Å². The summed E-state index contributed by atoms with van der Waals surface area (Å²) in [6, 6.07) is 0.313. The molecule has 1 aliphatic rings. The molecule has 0 heterocycles. The van der Waals surface area contributed by atoms with E-state index in [2.05, 4.69) is 12.3 Å². The van der Waals surface area contributed by atoms with Crippen molar-refractivity contribution in [3.8, 4) is 0 Å². The normalized spacial score (nSPS) is 16.2. The van der Waals surface area contributed by atoms with Crippen LogP contribution in [0.1, 0.15) is 26.2 Å². The molecule has 4 nitrogen and oxygen atoms in total. The van der Waals surface area contributed by atoms with Gasteiger partial charge in [0.2, 0.25) is 0 Å². The minimum absolute atomic E-state index is 0.144. The molecule has 0 saturated heterocycles. The Morgan fingerprint density at radius 3 is 2.73 bits per heavy atom. The van der Waals surface area contributed by atoms with Crippen molar-refractivity contribution in [2.24, 2.45) is 5.84 Å². The summed E-state index contributed by atoms with van der Waals surface area (Å²) in [6.07, 6.45) is 3.25. The van der Waals surface area contributed by atoms with Gasteiger partial charge in [-0.1, -0.05) is 6.92 Å². The zero-order valence-electron chi connectivity index (χ0n) is 6.84. The third-order valence-electron chi connectivity index (χ3n) is 1.84. The fourth-order valence-corrected chi connectivity index (χ4v) is 1.16. The van der Waals surface area contributed by atoms with Crippen molar-refractivity contribution in [2.75, 3.05) is 6.54 Å². The molecule has 1 rings (SSSR count). The SMILES string of the molecule is CCCN(C(=O)NN)C1CC1. The Labute approximate surface area is 66.7 Å². The molecule has 4 heteroatoms. The first-order valence-electron chi connectivity index (χ1n) is 4.06. The Bertz CT molecular complexity index is 145. The molecule has 11 heavy (non-hydrogen) atoms. The van der Waals surface area contributed by atoms with Gasteiger partial charge in [-0.3, -0.25) is 5.43 Å². The molecule has 2 amide bonds. The summed E-state index contributed by atoms with van der Waals surface area (Å²) in [5, 5.41) is 0. The summed E-state index contributed by atoms with van der Waals surface area (Å²) in [5.74, 6) is 5.03. The van der Waals surface area contributed by atoms with Crippen molar-refractivity contribution < 1.29 is 4.79 Å². The van der Waals surface area contributed by atoms with Crippen LogP contribution in [-0.2, 0) is 0 Å². The van der Waals surface area contributed by atoms with E-state index in [-0.39, 0.29) is 6.03 Å². The third kappa shape index (κ3) is 2.08. The monoisotopic (exact) mass is 157 g/mol. The largest absolute Gasteiger partial charge is 0.331 e. The molecule has 0 unspecified atom stereocenters. The lowest BCUT2D eigenvalue weighted by Gasteiger charge is -2.20. The maximum absolute atomic E-state index is 11.1. The van der Waals surface area contributed by atoms with E-state index in [0.717, 1.165) is 25.8 Å². The zero-order chi connectivity index (χ0) is 8.27. The molecule has 0 aromatic rings. The van der Waals surface area contributed by atoms with E-state index in [1.807, 2.05) is 0 Å². The van der Waals surface area contributed by atoms with E-state index in [1.54, 1.807) is 4.90 Å². The van der Waals surface area contributed by atoms with Crippen molar-refractivity contribution in [1.29, 1.82) is 0 Å². The third-order valence-corrected chi connectivity index (χ3v) is 1.84. The van der Waals surface area contributed by atoms with Crippen LogP contribution in [0.15, 0.2) is 0 Å². The molecule has 0 aromatic heterocycles. The molecule has 0 bridgehead atoms. The second-order valence-corrected chi connectivity index (χ2v) is 2.87. The molecule has 0 radical (unpaired) electrons. The summed E-state index contributed by atoms with van der Waals surface area (Å²) >= 11 is 0. The quantitative estimate of drug-likeness (QED) is 0.355. The summed E-state index contributed by atoms with van der Waals surface area (Å²) in [6.45, 7) is 2.87. The van der Waals surface area contributed by atoms with Gasteiger partial charge in [-0.2, -0.15) is 0 Å². The van der Waals surface area contributed by atoms with Crippen molar-refractivity contribution in [3.63, 3.8) is 0 Å². The maximum atomic E-state index is 11.1. The molecule has 0 spiro atoms. The topological polar surface area (TPSA) is 58.4 Å². The first-order chi connectivity index (χ1) is 5.29. The Hall–Kier alpha value is -0.770. The summed E-state index contributed by atoms with van der Waals surface area (Å²) in [7, 11) is 0. The van der Waals surface area contributed by atoms with Gasteiger partial charge in [0, 0.05) is 12.6 Å². The highest BCUT2D eigenvalue weighted by atomic mass is 16.2. The molecule has 1 saturated carbocycles. The summed E-state index contributed by atoms with van der Waals surface area (Å²) in [5.41, 5.74) is 2.16. The van der Waals surface area contributed by atoms with Crippen LogP contribution in [0.5, 0.6) is 0 Å². The zero-order valence-corrected chi connectivity index (χ0v) is 6.84. The van der Waals surface area contributed by atoms with Crippen LogP contribution in [0.2, 0.25) is 0 Å². The molecule has 0 atom stereocenters. The van der Waals surface area contributed by atoms with E-state index in [1.165, 1.54) is 0 Å². The average Bonchev–Trinajstić information content (AvgIpc) is 2.81. The van der Waals surface area contributed by atoms with Gasteiger partial charge in [0.15, 0.2) is 0 Å². The molecule has 1 fully saturated rings. The maximum Gasteiger partial charge on any atom is 0.331 e. The number of nitrogens with two attached hydrogens (primary N) is 1. The number of hydrazine groups is 1. The van der Waals surface area contributed by atoms with Crippen LogP contribution in [-0.4, -0.2) is 23.5 Å². The highest BCUT2D eigenvalue weighted by Crippen LogP contribution is 2.26. The van der Waals surface area contributed by atoms with Crippen molar-refractivity contribution in [2.45, 2.75) is 32.2 Å². The Balaban J connectivity index is 2.37. The van der Waals surface area contributed by atoms with Crippen LogP contribution in [0.25, 0.3) is 0 Å². The highest BCUT2D eigenvalue weighted by Gasteiger charge is 2.31. The van der Waals surface area contributed by atoms with Crippen LogP contribution in [0.3, 0.4) is 0 Å². The van der Waals surface area contributed by atoms with Gasteiger partial charge in [-0.05, 0) is 19.3 Å². The highest BCUT2D eigenvalue weighted by molar-refractivity contribution is 5.74. The van der Waals surface area contributed by atoms with Gasteiger partial charge in [-0.25, -0.2) is 10.6 Å².